The molecule has 0 amide bonds. The topological polar surface area (TPSA) is 102 Å². The lowest BCUT2D eigenvalue weighted by molar-refractivity contribution is 0.0257. The third-order valence-corrected chi connectivity index (χ3v) is 3.49. The number of rotatable bonds is 7. The molecule has 122 valence electrons. The van der Waals surface area contributed by atoms with Gasteiger partial charge in [-0.05, 0) is 29.8 Å². The third-order valence-electron chi connectivity index (χ3n) is 3.49. The molecule has 2 aromatic carbocycles. The molecule has 0 heterocycles. The fourth-order valence-electron chi connectivity index (χ4n) is 2.24. The smallest absolute Gasteiger partial charge is 0.199 e. The van der Waals surface area contributed by atoms with Crippen LogP contribution in [0.1, 0.15) is 11.1 Å². The quantitative estimate of drug-likeness (QED) is 0.278. The van der Waals surface area contributed by atoms with Crippen molar-refractivity contribution in [1.29, 1.82) is 0 Å². The van der Waals surface area contributed by atoms with Gasteiger partial charge >= 0.3 is 0 Å². The first-order valence-electron chi connectivity index (χ1n) is 6.94. The van der Waals surface area contributed by atoms with Gasteiger partial charge in [-0.2, -0.15) is 0 Å². The van der Waals surface area contributed by atoms with Crippen LogP contribution in [0.3, 0.4) is 0 Å². The highest BCUT2D eigenvalue weighted by atomic mass is 16.6. The molecule has 0 spiro atoms. The summed E-state index contributed by atoms with van der Waals surface area (Å²) in [6.07, 6.45) is 5.72. The van der Waals surface area contributed by atoms with Gasteiger partial charge < -0.3 is 9.47 Å². The Hall–Kier alpha value is -3.17. The van der Waals surface area contributed by atoms with Crippen molar-refractivity contribution < 1.29 is 14.3 Å². The molecule has 0 saturated heterocycles. The van der Waals surface area contributed by atoms with Gasteiger partial charge in [0.2, 0.25) is 0 Å². The summed E-state index contributed by atoms with van der Waals surface area (Å²) in [5.41, 5.74) is 8.35. The van der Waals surface area contributed by atoms with E-state index in [1.807, 2.05) is 0 Å². The molecule has 0 aliphatic carbocycles. The van der Waals surface area contributed by atoms with Crippen LogP contribution in [0, 0.1) is 12.3 Å². The number of nitrogens with two attached hydrogens (primary N) is 1. The van der Waals surface area contributed by atoms with E-state index in [1.54, 1.807) is 55.6 Å². The fourth-order valence-corrected chi connectivity index (χ4v) is 2.24. The van der Waals surface area contributed by atoms with Crippen LogP contribution in [-0.2, 0) is 10.4 Å². The molecule has 2 rings (SSSR count). The van der Waals surface area contributed by atoms with Crippen LogP contribution in [0.5, 0.6) is 11.5 Å². The fraction of sp³-hybridized carbons (Fsp3) is 0.176. The Morgan fingerprint density at radius 2 is 1.67 bits per heavy atom. The van der Waals surface area contributed by atoms with E-state index >= 15 is 0 Å². The van der Waals surface area contributed by atoms with Crippen LogP contribution in [0.2, 0.25) is 0 Å². The maximum absolute atomic E-state index is 8.24. The lowest BCUT2D eigenvalue weighted by atomic mass is 9.87. The summed E-state index contributed by atoms with van der Waals surface area (Å²) in [5, 5.41) is 3.30. The maximum atomic E-state index is 8.24. The molecule has 0 saturated carbocycles. The molecule has 1 atom stereocenters. The number of hydrogen-bond acceptors (Lipinski definition) is 5. The number of hydrogen-bond donors (Lipinski definition) is 1. The Morgan fingerprint density at radius 1 is 1.12 bits per heavy atom. The highest BCUT2D eigenvalue weighted by Crippen LogP contribution is 2.33. The van der Waals surface area contributed by atoms with Gasteiger partial charge in [-0.3, -0.25) is 4.84 Å². The average molecular weight is 324 g/mol. The standard InChI is InChI=1S/C17H16N4O3/c1-3-17(24-19,13-4-8-15(22-2)9-5-13)14-6-10-16(11-7-14)23-12-20-21-18/h1,4-11H,12,19H2,2H3. The predicted molar refractivity (Wildman–Crippen MR) is 89.0 cm³/mol. The number of ether oxygens (including phenoxy) is 2. The SMILES string of the molecule is C#CC(ON)(c1ccc(OC)cc1)c1ccc(OCN=[N+]=[N-])cc1. The van der Waals surface area contributed by atoms with Crippen molar-refractivity contribution in [2.24, 2.45) is 11.0 Å². The minimum absolute atomic E-state index is 0.0952. The van der Waals surface area contributed by atoms with Gasteiger partial charge in [-0.25, -0.2) is 5.90 Å². The molecule has 0 radical (unpaired) electrons. The Bertz CT molecular complexity index is 762. The number of azide groups is 1. The summed E-state index contributed by atoms with van der Waals surface area (Å²) >= 11 is 0. The van der Waals surface area contributed by atoms with Gasteiger partial charge in [0.15, 0.2) is 12.3 Å². The largest absolute Gasteiger partial charge is 0.497 e. The summed E-state index contributed by atoms with van der Waals surface area (Å²) in [6, 6.07) is 14.0. The summed E-state index contributed by atoms with van der Waals surface area (Å²) in [4.78, 5) is 7.80. The summed E-state index contributed by atoms with van der Waals surface area (Å²) in [7, 11) is 1.58. The van der Waals surface area contributed by atoms with E-state index in [0.717, 1.165) is 0 Å². The first-order chi connectivity index (χ1) is 11.7. The van der Waals surface area contributed by atoms with E-state index in [2.05, 4.69) is 15.9 Å². The second-order valence-electron chi connectivity index (χ2n) is 4.70. The molecule has 2 N–H and O–H groups in total. The molecule has 2 aromatic rings. The Labute approximate surface area is 139 Å². The van der Waals surface area contributed by atoms with Crippen molar-refractivity contribution in [2.75, 3.05) is 13.8 Å². The minimum Gasteiger partial charge on any atom is -0.497 e. The monoisotopic (exact) mass is 324 g/mol. The molecular weight excluding hydrogens is 308 g/mol. The number of benzene rings is 2. The second kappa shape index (κ2) is 7.90. The molecule has 7 nitrogen and oxygen atoms in total. The molecule has 0 aliphatic rings. The zero-order chi connectivity index (χ0) is 17.4. The Kier molecular flexibility index (Phi) is 5.66. The van der Waals surface area contributed by atoms with Crippen LogP contribution in [-0.4, -0.2) is 13.8 Å². The van der Waals surface area contributed by atoms with E-state index < -0.39 is 5.60 Å². The summed E-state index contributed by atoms with van der Waals surface area (Å²) in [5.74, 6) is 9.37. The zero-order valence-corrected chi connectivity index (χ0v) is 13.0. The second-order valence-corrected chi connectivity index (χ2v) is 4.70. The highest BCUT2D eigenvalue weighted by molar-refractivity contribution is 5.47. The van der Waals surface area contributed by atoms with Crippen molar-refractivity contribution in [3.63, 3.8) is 0 Å². The van der Waals surface area contributed by atoms with Crippen molar-refractivity contribution in [3.8, 4) is 23.8 Å². The first kappa shape index (κ1) is 17.2. The van der Waals surface area contributed by atoms with E-state index in [0.29, 0.717) is 22.6 Å². The average Bonchev–Trinajstić information content (AvgIpc) is 2.65. The van der Waals surface area contributed by atoms with Crippen LogP contribution in [0.4, 0.5) is 0 Å². The molecule has 1 unspecified atom stereocenters. The van der Waals surface area contributed by atoms with Gasteiger partial charge in [0.25, 0.3) is 0 Å². The van der Waals surface area contributed by atoms with Gasteiger partial charge in [-0.1, -0.05) is 35.3 Å². The molecule has 0 bridgehead atoms. The summed E-state index contributed by atoms with van der Waals surface area (Å²) in [6.45, 7) is -0.0952. The highest BCUT2D eigenvalue weighted by Gasteiger charge is 2.33. The number of methoxy groups -OCH3 is 1. The molecule has 7 heteroatoms. The minimum atomic E-state index is -1.24. The lowest BCUT2D eigenvalue weighted by Gasteiger charge is -2.27. The van der Waals surface area contributed by atoms with E-state index in [1.165, 1.54) is 0 Å². The molecule has 0 aromatic heterocycles. The predicted octanol–water partition coefficient (Wildman–Crippen LogP) is 3.11. The molecular formula is C17H16N4O3. The maximum Gasteiger partial charge on any atom is 0.199 e. The van der Waals surface area contributed by atoms with Crippen LogP contribution >= 0.6 is 0 Å². The Morgan fingerprint density at radius 3 is 2.08 bits per heavy atom. The summed E-state index contributed by atoms with van der Waals surface area (Å²) < 4.78 is 10.4. The van der Waals surface area contributed by atoms with Crippen molar-refractivity contribution in [2.45, 2.75) is 5.60 Å². The van der Waals surface area contributed by atoms with Crippen LogP contribution in [0.25, 0.3) is 10.4 Å². The molecule has 24 heavy (non-hydrogen) atoms. The number of terminal acetylenes is 1. The van der Waals surface area contributed by atoms with Crippen molar-refractivity contribution >= 4 is 0 Å². The van der Waals surface area contributed by atoms with Gasteiger partial charge in [0, 0.05) is 16.0 Å². The van der Waals surface area contributed by atoms with Crippen molar-refractivity contribution in [1.82, 2.24) is 0 Å². The molecule has 0 fully saturated rings. The third kappa shape index (κ3) is 3.42. The van der Waals surface area contributed by atoms with E-state index in [-0.39, 0.29) is 6.73 Å². The van der Waals surface area contributed by atoms with E-state index in [9.17, 15) is 0 Å². The van der Waals surface area contributed by atoms with Crippen molar-refractivity contribution in [3.05, 3.63) is 70.1 Å². The molecule has 0 aliphatic heterocycles. The Balaban J connectivity index is 2.35. The van der Waals surface area contributed by atoms with Crippen LogP contribution < -0.4 is 15.4 Å². The van der Waals surface area contributed by atoms with Gasteiger partial charge in [0.05, 0.1) is 7.11 Å². The van der Waals surface area contributed by atoms with Gasteiger partial charge in [0.1, 0.15) is 11.5 Å². The van der Waals surface area contributed by atoms with Gasteiger partial charge in [-0.15, -0.1) is 6.42 Å². The first-order valence-corrected chi connectivity index (χ1v) is 6.94. The van der Waals surface area contributed by atoms with Crippen LogP contribution in [0.15, 0.2) is 53.6 Å². The zero-order valence-electron chi connectivity index (χ0n) is 13.0. The number of nitrogens with zero attached hydrogens (tertiary/aromatic N) is 3. The lowest BCUT2D eigenvalue weighted by Crippen LogP contribution is -2.32. The normalized spacial score (nSPS) is 12.4. The van der Waals surface area contributed by atoms with E-state index in [4.69, 9.17) is 32.2 Å².